The summed E-state index contributed by atoms with van der Waals surface area (Å²) in [6.07, 6.45) is 0. The molecule has 2 aromatic rings. The molecule has 0 aliphatic heterocycles. The SMILES string of the molecule is COC(=O)c1ccc(CNC(=O)NNC(=O)c2ccccc2)cc1. The normalized spacial score (nSPS) is 9.71. The van der Waals surface area contributed by atoms with Gasteiger partial charge in [0.05, 0.1) is 12.7 Å². The Bertz CT molecular complexity index is 714. The fourth-order valence-electron chi connectivity index (χ4n) is 1.88. The third-order valence-corrected chi connectivity index (χ3v) is 3.15. The van der Waals surface area contributed by atoms with Crippen LogP contribution in [0.5, 0.6) is 0 Å². The minimum Gasteiger partial charge on any atom is -0.465 e. The zero-order chi connectivity index (χ0) is 17.4. The number of carbonyl (C=O) groups is 3. The minimum absolute atomic E-state index is 0.245. The highest BCUT2D eigenvalue weighted by molar-refractivity contribution is 5.95. The fraction of sp³-hybridized carbons (Fsp3) is 0.118. The number of benzene rings is 2. The lowest BCUT2D eigenvalue weighted by atomic mass is 10.1. The zero-order valence-corrected chi connectivity index (χ0v) is 13.0. The molecular weight excluding hydrogens is 310 g/mol. The first kappa shape index (κ1) is 17.0. The standard InChI is InChI=1S/C17H17N3O4/c1-24-16(22)14-9-7-12(8-10-14)11-18-17(23)20-19-15(21)13-5-3-2-4-6-13/h2-10H,11H2,1H3,(H,19,21)(H2,18,20,23). The van der Waals surface area contributed by atoms with Crippen LogP contribution < -0.4 is 16.2 Å². The molecule has 7 heteroatoms. The van der Waals surface area contributed by atoms with E-state index >= 15 is 0 Å². The molecule has 0 radical (unpaired) electrons. The van der Waals surface area contributed by atoms with E-state index in [0.717, 1.165) is 5.56 Å². The molecule has 0 unspecified atom stereocenters. The van der Waals surface area contributed by atoms with E-state index in [4.69, 9.17) is 0 Å². The summed E-state index contributed by atoms with van der Waals surface area (Å²) < 4.78 is 4.61. The topological polar surface area (TPSA) is 96.5 Å². The van der Waals surface area contributed by atoms with Crippen molar-refractivity contribution in [2.75, 3.05) is 7.11 Å². The van der Waals surface area contributed by atoms with Gasteiger partial charge in [-0.25, -0.2) is 15.0 Å². The van der Waals surface area contributed by atoms with Gasteiger partial charge < -0.3 is 10.1 Å². The predicted octanol–water partition coefficient (Wildman–Crippen LogP) is 1.62. The van der Waals surface area contributed by atoms with Gasteiger partial charge in [0.2, 0.25) is 0 Å². The average Bonchev–Trinajstić information content (AvgIpc) is 2.64. The van der Waals surface area contributed by atoms with Crippen LogP contribution in [0.3, 0.4) is 0 Å². The second-order valence-corrected chi connectivity index (χ2v) is 4.82. The molecular formula is C17H17N3O4. The molecule has 0 aliphatic carbocycles. The van der Waals surface area contributed by atoms with E-state index in [1.54, 1.807) is 54.6 Å². The Balaban J connectivity index is 1.77. The van der Waals surface area contributed by atoms with Gasteiger partial charge in [-0.15, -0.1) is 0 Å². The van der Waals surface area contributed by atoms with Crippen molar-refractivity contribution in [3.8, 4) is 0 Å². The van der Waals surface area contributed by atoms with Gasteiger partial charge in [0.1, 0.15) is 0 Å². The van der Waals surface area contributed by atoms with Crippen molar-refractivity contribution in [2.24, 2.45) is 0 Å². The Morgan fingerprint density at radius 1 is 0.875 bits per heavy atom. The third-order valence-electron chi connectivity index (χ3n) is 3.15. The van der Waals surface area contributed by atoms with Gasteiger partial charge in [-0.1, -0.05) is 30.3 Å². The molecule has 7 nitrogen and oxygen atoms in total. The first-order chi connectivity index (χ1) is 11.6. The van der Waals surface area contributed by atoms with Crippen molar-refractivity contribution in [3.63, 3.8) is 0 Å². The molecule has 0 fully saturated rings. The Morgan fingerprint density at radius 3 is 2.17 bits per heavy atom. The Labute approximate surface area is 139 Å². The summed E-state index contributed by atoms with van der Waals surface area (Å²) in [4.78, 5) is 34.7. The highest BCUT2D eigenvalue weighted by Gasteiger charge is 2.07. The number of amides is 3. The quantitative estimate of drug-likeness (QED) is 0.587. The fourth-order valence-corrected chi connectivity index (χ4v) is 1.88. The van der Waals surface area contributed by atoms with Crippen LogP contribution in [0, 0.1) is 0 Å². The lowest BCUT2D eigenvalue weighted by molar-refractivity contribution is 0.0600. The second-order valence-electron chi connectivity index (χ2n) is 4.82. The van der Waals surface area contributed by atoms with Gasteiger partial charge in [0, 0.05) is 12.1 Å². The molecule has 2 rings (SSSR count). The highest BCUT2D eigenvalue weighted by Crippen LogP contribution is 2.05. The summed E-state index contributed by atoms with van der Waals surface area (Å²) in [6, 6.07) is 14.6. The number of carbonyl (C=O) groups excluding carboxylic acids is 3. The molecule has 0 heterocycles. The number of rotatable bonds is 4. The van der Waals surface area contributed by atoms with Crippen molar-refractivity contribution in [1.29, 1.82) is 0 Å². The summed E-state index contributed by atoms with van der Waals surface area (Å²) in [5.74, 6) is -0.830. The smallest absolute Gasteiger partial charge is 0.337 e. The van der Waals surface area contributed by atoms with Crippen LogP contribution >= 0.6 is 0 Å². The predicted molar refractivity (Wildman–Crippen MR) is 87.1 cm³/mol. The lowest BCUT2D eigenvalue weighted by Crippen LogP contribution is -2.46. The first-order valence-electron chi connectivity index (χ1n) is 7.16. The van der Waals surface area contributed by atoms with Crippen molar-refractivity contribution in [3.05, 3.63) is 71.3 Å². The van der Waals surface area contributed by atoms with Crippen molar-refractivity contribution in [1.82, 2.24) is 16.2 Å². The molecule has 0 aliphatic rings. The maximum absolute atomic E-state index is 11.8. The maximum atomic E-state index is 11.8. The summed E-state index contributed by atoms with van der Waals surface area (Å²) in [5.41, 5.74) is 6.24. The van der Waals surface area contributed by atoms with Gasteiger partial charge in [-0.3, -0.25) is 10.2 Å². The van der Waals surface area contributed by atoms with E-state index in [9.17, 15) is 14.4 Å². The maximum Gasteiger partial charge on any atom is 0.337 e. The van der Waals surface area contributed by atoms with Crippen LogP contribution in [0.2, 0.25) is 0 Å². The van der Waals surface area contributed by atoms with E-state index in [0.29, 0.717) is 11.1 Å². The van der Waals surface area contributed by atoms with Crippen LogP contribution in [0.25, 0.3) is 0 Å². The second kappa shape index (κ2) is 8.33. The van der Waals surface area contributed by atoms with Gasteiger partial charge in [-0.2, -0.15) is 0 Å². The number of methoxy groups -OCH3 is 1. The van der Waals surface area contributed by atoms with Crippen molar-refractivity contribution in [2.45, 2.75) is 6.54 Å². The van der Waals surface area contributed by atoms with Gasteiger partial charge in [-0.05, 0) is 29.8 Å². The summed E-state index contributed by atoms with van der Waals surface area (Å²) in [7, 11) is 1.31. The number of hydrogen-bond donors (Lipinski definition) is 3. The van der Waals surface area contributed by atoms with E-state index in [2.05, 4.69) is 20.9 Å². The van der Waals surface area contributed by atoms with Gasteiger partial charge in [0.25, 0.3) is 5.91 Å². The average molecular weight is 327 g/mol. The van der Waals surface area contributed by atoms with Crippen LogP contribution in [0.1, 0.15) is 26.3 Å². The number of hydrogen-bond acceptors (Lipinski definition) is 4. The Morgan fingerprint density at radius 2 is 1.54 bits per heavy atom. The summed E-state index contributed by atoms with van der Waals surface area (Å²) in [5, 5.41) is 2.59. The van der Waals surface area contributed by atoms with E-state index in [1.165, 1.54) is 7.11 Å². The highest BCUT2D eigenvalue weighted by atomic mass is 16.5. The molecule has 0 saturated heterocycles. The number of nitrogens with one attached hydrogen (secondary N) is 3. The molecule has 24 heavy (non-hydrogen) atoms. The number of ether oxygens (including phenoxy) is 1. The Kier molecular flexibility index (Phi) is 5.90. The number of hydrazine groups is 1. The first-order valence-corrected chi connectivity index (χ1v) is 7.16. The van der Waals surface area contributed by atoms with Crippen LogP contribution in [0.15, 0.2) is 54.6 Å². The molecule has 0 spiro atoms. The summed E-state index contributed by atoms with van der Waals surface area (Å²) >= 11 is 0. The molecule has 0 saturated carbocycles. The molecule has 124 valence electrons. The third kappa shape index (κ3) is 4.84. The molecule has 3 N–H and O–H groups in total. The van der Waals surface area contributed by atoms with E-state index < -0.39 is 17.9 Å². The number of urea groups is 1. The molecule has 0 bridgehead atoms. The molecule has 0 aromatic heterocycles. The van der Waals surface area contributed by atoms with Gasteiger partial charge >= 0.3 is 12.0 Å². The lowest BCUT2D eigenvalue weighted by Gasteiger charge is -2.09. The van der Waals surface area contributed by atoms with Crippen molar-refractivity contribution < 1.29 is 19.1 Å². The molecule has 0 atom stereocenters. The monoisotopic (exact) mass is 327 g/mol. The van der Waals surface area contributed by atoms with E-state index in [1.807, 2.05) is 0 Å². The van der Waals surface area contributed by atoms with Crippen LogP contribution in [-0.4, -0.2) is 25.0 Å². The zero-order valence-electron chi connectivity index (χ0n) is 13.0. The largest absolute Gasteiger partial charge is 0.465 e. The van der Waals surface area contributed by atoms with Crippen LogP contribution in [-0.2, 0) is 11.3 Å². The van der Waals surface area contributed by atoms with Crippen LogP contribution in [0.4, 0.5) is 4.79 Å². The minimum atomic E-state index is -0.545. The molecule has 3 amide bonds. The van der Waals surface area contributed by atoms with Crippen molar-refractivity contribution >= 4 is 17.9 Å². The van der Waals surface area contributed by atoms with E-state index in [-0.39, 0.29) is 6.54 Å². The number of esters is 1. The Hall–Kier alpha value is -3.35. The summed E-state index contributed by atoms with van der Waals surface area (Å²) in [6.45, 7) is 0.245. The van der Waals surface area contributed by atoms with Gasteiger partial charge in [0.15, 0.2) is 0 Å². The molecule has 2 aromatic carbocycles.